The van der Waals surface area contributed by atoms with Crippen LogP contribution in [0.2, 0.25) is 0 Å². The van der Waals surface area contributed by atoms with Gasteiger partial charge >= 0.3 is 12.1 Å². The Morgan fingerprint density at radius 1 is 1.16 bits per heavy atom. The van der Waals surface area contributed by atoms with Gasteiger partial charge in [0.15, 0.2) is 0 Å². The van der Waals surface area contributed by atoms with E-state index in [1.54, 1.807) is 12.4 Å². The molecule has 2 aromatic heterocycles. The third-order valence-electron chi connectivity index (χ3n) is 5.09. The Labute approximate surface area is 181 Å². The van der Waals surface area contributed by atoms with Gasteiger partial charge in [-0.1, -0.05) is 6.07 Å². The van der Waals surface area contributed by atoms with Gasteiger partial charge in [0.05, 0.1) is 18.4 Å². The van der Waals surface area contributed by atoms with Gasteiger partial charge in [-0.3, -0.25) is 9.78 Å². The van der Waals surface area contributed by atoms with Gasteiger partial charge in [-0.2, -0.15) is 13.2 Å². The Morgan fingerprint density at radius 2 is 1.88 bits per heavy atom. The predicted octanol–water partition coefficient (Wildman–Crippen LogP) is 2.35. The number of aromatic nitrogens is 3. The van der Waals surface area contributed by atoms with Crippen LogP contribution in [0, 0.1) is 0 Å². The number of carbonyl (C=O) groups excluding carboxylic acids is 1. The summed E-state index contributed by atoms with van der Waals surface area (Å²) in [5.74, 6) is -2.20. The van der Waals surface area contributed by atoms with Crippen molar-refractivity contribution in [3.8, 4) is 5.88 Å². The number of rotatable bonds is 3. The molecule has 0 radical (unpaired) electrons. The number of hydrogen-bond acceptors (Lipinski definition) is 7. The van der Waals surface area contributed by atoms with Crippen LogP contribution in [0.3, 0.4) is 0 Å². The summed E-state index contributed by atoms with van der Waals surface area (Å²) in [5.41, 5.74) is 0.195. The van der Waals surface area contributed by atoms with Crippen molar-refractivity contribution in [3.05, 3.63) is 48.7 Å². The Morgan fingerprint density at radius 3 is 2.44 bits per heavy atom. The van der Waals surface area contributed by atoms with Crippen molar-refractivity contribution < 1.29 is 37.3 Å². The number of amides is 1. The molecule has 0 aromatic carbocycles. The van der Waals surface area contributed by atoms with E-state index < -0.39 is 12.1 Å². The summed E-state index contributed by atoms with van der Waals surface area (Å²) in [6, 6.07) is 5.63. The Bertz CT molecular complexity index is 906. The van der Waals surface area contributed by atoms with Crippen molar-refractivity contribution in [2.24, 2.45) is 0 Å². The molecule has 32 heavy (non-hydrogen) atoms. The quantitative estimate of drug-likeness (QED) is 0.752. The van der Waals surface area contributed by atoms with Crippen LogP contribution in [0.4, 0.5) is 13.2 Å². The lowest BCUT2D eigenvalue weighted by Crippen LogP contribution is -2.46. The topological polar surface area (TPSA) is 115 Å². The maximum Gasteiger partial charge on any atom is 0.490 e. The van der Waals surface area contributed by atoms with Crippen molar-refractivity contribution >= 4 is 11.9 Å². The molecule has 1 amide bonds. The minimum Gasteiger partial charge on any atom is -0.475 e. The molecule has 0 aliphatic carbocycles. The lowest BCUT2D eigenvalue weighted by atomic mass is 9.88. The molecular weight excluding hydrogens is 433 g/mol. The number of halogens is 3. The fourth-order valence-electron chi connectivity index (χ4n) is 3.50. The van der Waals surface area contributed by atoms with E-state index in [1.807, 2.05) is 23.1 Å². The smallest absolute Gasteiger partial charge is 0.475 e. The summed E-state index contributed by atoms with van der Waals surface area (Å²) in [7, 11) is 0. The molecule has 1 N–H and O–H groups in total. The third-order valence-corrected chi connectivity index (χ3v) is 5.09. The fourth-order valence-corrected chi connectivity index (χ4v) is 3.50. The zero-order valence-corrected chi connectivity index (χ0v) is 16.9. The van der Waals surface area contributed by atoms with Gasteiger partial charge in [0, 0.05) is 44.2 Å². The fraction of sp³-hybridized carbons (Fsp3) is 0.450. The first-order valence-electron chi connectivity index (χ1n) is 9.76. The van der Waals surface area contributed by atoms with Gasteiger partial charge in [-0.25, -0.2) is 14.8 Å². The summed E-state index contributed by atoms with van der Waals surface area (Å²) in [6.07, 6.45) is 3.71. The second-order valence-corrected chi connectivity index (χ2v) is 7.29. The third kappa shape index (κ3) is 6.13. The van der Waals surface area contributed by atoms with Gasteiger partial charge in [0.1, 0.15) is 11.8 Å². The van der Waals surface area contributed by atoms with E-state index in [4.69, 9.17) is 19.4 Å². The molecule has 1 spiro atoms. The number of likely N-dealkylation sites (tertiary alicyclic amines) is 1. The highest BCUT2D eigenvalue weighted by molar-refractivity contribution is 5.92. The highest BCUT2D eigenvalue weighted by Gasteiger charge is 2.44. The second-order valence-electron chi connectivity index (χ2n) is 7.29. The van der Waals surface area contributed by atoms with E-state index in [2.05, 4.69) is 15.0 Å². The number of nitrogens with zero attached hydrogens (tertiary/aromatic N) is 4. The molecule has 9 nitrogen and oxygen atoms in total. The molecule has 2 aromatic rings. The average molecular weight is 454 g/mol. The van der Waals surface area contributed by atoms with Crippen LogP contribution in [0.5, 0.6) is 5.88 Å². The maximum atomic E-state index is 12.5. The molecular formula is C20H21F3N4O5. The van der Waals surface area contributed by atoms with Crippen LogP contribution in [-0.4, -0.2) is 74.4 Å². The van der Waals surface area contributed by atoms with Crippen molar-refractivity contribution in [1.29, 1.82) is 0 Å². The van der Waals surface area contributed by atoms with Gasteiger partial charge in [0.2, 0.25) is 5.88 Å². The van der Waals surface area contributed by atoms with Crippen LogP contribution < -0.4 is 4.74 Å². The second kappa shape index (κ2) is 9.90. The molecule has 4 rings (SSSR count). The number of piperidine rings is 1. The lowest BCUT2D eigenvalue weighted by Gasteiger charge is -2.38. The molecule has 0 bridgehead atoms. The molecule has 172 valence electrons. The van der Waals surface area contributed by atoms with E-state index in [-0.39, 0.29) is 17.6 Å². The molecule has 2 aliphatic rings. The van der Waals surface area contributed by atoms with Gasteiger partial charge in [-0.05, 0) is 18.9 Å². The van der Waals surface area contributed by atoms with Gasteiger partial charge in [-0.15, -0.1) is 0 Å². The maximum absolute atomic E-state index is 12.5. The summed E-state index contributed by atoms with van der Waals surface area (Å²) in [5, 5.41) is 7.12. The number of ether oxygens (including phenoxy) is 2. The van der Waals surface area contributed by atoms with E-state index in [9.17, 15) is 18.0 Å². The molecule has 2 saturated heterocycles. The normalized spacial score (nSPS) is 19.7. The number of hydrogen-bond donors (Lipinski definition) is 1. The largest absolute Gasteiger partial charge is 0.490 e. The SMILES string of the molecule is O=C(O)C(F)(F)F.O=C(c1cnccn1)N1CCC2(CC1)CC(Oc1ccccn1)CO2. The number of carboxylic acid groups (broad SMARTS) is 1. The summed E-state index contributed by atoms with van der Waals surface area (Å²) in [6.45, 7) is 1.88. The number of aliphatic carboxylic acids is 1. The Balaban J connectivity index is 0.000000360. The van der Waals surface area contributed by atoms with E-state index in [1.165, 1.54) is 12.4 Å². The highest BCUT2D eigenvalue weighted by atomic mass is 19.4. The Hall–Kier alpha value is -3.28. The zero-order valence-electron chi connectivity index (χ0n) is 16.9. The first kappa shape index (κ1) is 23.4. The standard InChI is InChI=1S/C18H20N4O3.C2HF3O2/c23-17(15-12-19-7-8-20-15)22-9-4-18(5-10-22)11-14(13-24-18)25-16-3-1-2-6-21-16;3-2(4,5)1(6)7/h1-3,6-8,12,14H,4-5,9-11,13H2;(H,6,7). The molecule has 4 heterocycles. The zero-order chi connectivity index (χ0) is 23.2. The number of alkyl halides is 3. The number of pyridine rings is 1. The lowest BCUT2D eigenvalue weighted by molar-refractivity contribution is -0.192. The molecule has 2 fully saturated rings. The van der Waals surface area contributed by atoms with E-state index in [0.29, 0.717) is 31.3 Å². The van der Waals surface area contributed by atoms with Crippen molar-refractivity contribution in [1.82, 2.24) is 19.9 Å². The van der Waals surface area contributed by atoms with Crippen LogP contribution in [0.15, 0.2) is 43.0 Å². The summed E-state index contributed by atoms with van der Waals surface area (Å²) in [4.78, 5) is 35.4. The van der Waals surface area contributed by atoms with Crippen LogP contribution in [0.1, 0.15) is 29.8 Å². The van der Waals surface area contributed by atoms with Crippen LogP contribution in [0.25, 0.3) is 0 Å². The average Bonchev–Trinajstić information content (AvgIpc) is 3.16. The minimum atomic E-state index is -5.08. The molecule has 2 aliphatic heterocycles. The monoisotopic (exact) mass is 454 g/mol. The number of carbonyl (C=O) groups is 2. The first-order valence-corrected chi connectivity index (χ1v) is 9.76. The molecule has 1 atom stereocenters. The van der Waals surface area contributed by atoms with Gasteiger partial charge < -0.3 is 19.5 Å². The van der Waals surface area contributed by atoms with Crippen molar-refractivity contribution in [3.63, 3.8) is 0 Å². The van der Waals surface area contributed by atoms with E-state index in [0.717, 1.165) is 19.3 Å². The molecule has 1 unspecified atom stereocenters. The first-order chi connectivity index (χ1) is 15.2. The molecule has 0 saturated carbocycles. The molecule has 12 heteroatoms. The summed E-state index contributed by atoms with van der Waals surface area (Å²) >= 11 is 0. The van der Waals surface area contributed by atoms with Crippen LogP contribution >= 0.6 is 0 Å². The van der Waals surface area contributed by atoms with Crippen molar-refractivity contribution in [2.75, 3.05) is 19.7 Å². The number of carboxylic acids is 1. The van der Waals surface area contributed by atoms with Crippen LogP contribution in [-0.2, 0) is 9.53 Å². The predicted molar refractivity (Wildman–Crippen MR) is 103 cm³/mol. The highest BCUT2D eigenvalue weighted by Crippen LogP contribution is 2.37. The van der Waals surface area contributed by atoms with E-state index >= 15 is 0 Å². The van der Waals surface area contributed by atoms with Gasteiger partial charge in [0.25, 0.3) is 5.91 Å². The minimum absolute atomic E-state index is 0.0112. The summed E-state index contributed by atoms with van der Waals surface area (Å²) < 4.78 is 43.7. The van der Waals surface area contributed by atoms with Crippen molar-refractivity contribution in [2.45, 2.75) is 37.1 Å². The Kier molecular flexibility index (Phi) is 7.23.